The molecule has 0 N–H and O–H groups in total. The highest BCUT2D eigenvalue weighted by atomic mass is 32.1. The van der Waals surface area contributed by atoms with Crippen molar-refractivity contribution in [2.45, 2.75) is 6.43 Å². The van der Waals surface area contributed by atoms with Crippen molar-refractivity contribution in [2.24, 2.45) is 0 Å². The van der Waals surface area contributed by atoms with Gasteiger partial charge < -0.3 is 0 Å². The maximum Gasteiger partial charge on any atom is 0.264 e. The average Bonchev–Trinajstić information content (AvgIpc) is 2.70. The lowest BCUT2D eigenvalue weighted by atomic mass is 10.1. The summed E-state index contributed by atoms with van der Waals surface area (Å²) in [5, 5.41) is 2.23. The van der Waals surface area contributed by atoms with Crippen LogP contribution >= 0.6 is 11.3 Å². The first-order valence-electron chi connectivity index (χ1n) is 3.98. The SMILES string of the molecule is FC(F)c1ccccc1-c1n[c]cs1. The van der Waals surface area contributed by atoms with Crippen LogP contribution in [0, 0.1) is 6.20 Å². The van der Waals surface area contributed by atoms with E-state index < -0.39 is 6.43 Å². The number of aromatic nitrogens is 1. The highest BCUT2D eigenvalue weighted by Crippen LogP contribution is 2.31. The normalized spacial score (nSPS) is 10.8. The molecule has 2 aromatic rings. The Balaban J connectivity index is 2.53. The van der Waals surface area contributed by atoms with E-state index in [1.54, 1.807) is 23.6 Å². The zero-order valence-electron chi connectivity index (χ0n) is 7.08. The molecule has 0 fully saturated rings. The van der Waals surface area contributed by atoms with Crippen LogP contribution in [-0.4, -0.2) is 4.98 Å². The third kappa shape index (κ3) is 1.65. The van der Waals surface area contributed by atoms with Crippen LogP contribution in [0.3, 0.4) is 0 Å². The molecule has 1 aromatic carbocycles. The number of hydrogen-bond donors (Lipinski definition) is 0. The Hall–Kier alpha value is -1.29. The van der Waals surface area contributed by atoms with Crippen molar-refractivity contribution < 1.29 is 8.78 Å². The van der Waals surface area contributed by atoms with Gasteiger partial charge in [-0.15, -0.1) is 11.3 Å². The molecule has 0 saturated carbocycles. The molecule has 0 amide bonds. The number of rotatable bonds is 2. The molecular weight excluding hydrogens is 204 g/mol. The fourth-order valence-electron chi connectivity index (χ4n) is 1.20. The van der Waals surface area contributed by atoms with Gasteiger partial charge in [-0.05, 0) is 0 Å². The zero-order chi connectivity index (χ0) is 9.97. The summed E-state index contributed by atoms with van der Waals surface area (Å²) in [6, 6.07) is 6.39. The minimum absolute atomic E-state index is 0.0239. The molecule has 1 radical (unpaired) electrons. The van der Waals surface area contributed by atoms with Gasteiger partial charge >= 0.3 is 0 Å². The number of hydrogen-bond acceptors (Lipinski definition) is 2. The molecule has 0 saturated heterocycles. The van der Waals surface area contributed by atoms with Gasteiger partial charge in [0.05, 0.1) is 0 Å². The first-order chi connectivity index (χ1) is 6.79. The molecule has 4 heteroatoms. The smallest absolute Gasteiger partial charge is 0.234 e. The Morgan fingerprint density at radius 2 is 2.07 bits per heavy atom. The molecule has 1 heterocycles. The molecule has 0 atom stereocenters. The molecule has 0 aliphatic rings. The lowest BCUT2D eigenvalue weighted by molar-refractivity contribution is 0.152. The van der Waals surface area contributed by atoms with Gasteiger partial charge in [-0.3, -0.25) is 0 Å². The molecule has 0 aliphatic carbocycles. The largest absolute Gasteiger partial charge is 0.264 e. The summed E-state index contributed by atoms with van der Waals surface area (Å²) in [5.41, 5.74) is 0.518. The monoisotopic (exact) mass is 210 g/mol. The highest BCUT2D eigenvalue weighted by molar-refractivity contribution is 7.13. The van der Waals surface area contributed by atoms with E-state index >= 15 is 0 Å². The molecule has 0 aliphatic heterocycles. The van der Waals surface area contributed by atoms with Crippen LogP contribution in [0.1, 0.15) is 12.0 Å². The van der Waals surface area contributed by atoms with E-state index in [0.29, 0.717) is 10.6 Å². The number of alkyl halides is 2. The van der Waals surface area contributed by atoms with E-state index in [9.17, 15) is 8.78 Å². The fourth-order valence-corrected chi connectivity index (χ4v) is 1.83. The van der Waals surface area contributed by atoms with E-state index in [2.05, 4.69) is 11.2 Å². The van der Waals surface area contributed by atoms with E-state index in [1.807, 2.05) is 0 Å². The fraction of sp³-hybridized carbons (Fsp3) is 0.100. The number of benzene rings is 1. The van der Waals surface area contributed by atoms with Gasteiger partial charge in [0, 0.05) is 16.5 Å². The van der Waals surface area contributed by atoms with Crippen molar-refractivity contribution in [3.05, 3.63) is 41.4 Å². The third-order valence-corrected chi connectivity index (χ3v) is 2.57. The summed E-state index contributed by atoms with van der Waals surface area (Å²) in [5.74, 6) is 0. The van der Waals surface area contributed by atoms with Gasteiger partial charge in [-0.1, -0.05) is 24.3 Å². The minimum Gasteiger partial charge on any atom is -0.234 e. The van der Waals surface area contributed by atoms with Crippen LogP contribution in [-0.2, 0) is 0 Å². The van der Waals surface area contributed by atoms with Gasteiger partial charge in [0.25, 0.3) is 6.43 Å². The first-order valence-corrected chi connectivity index (χ1v) is 4.86. The molecule has 0 unspecified atom stereocenters. The Bertz CT molecular complexity index is 412. The van der Waals surface area contributed by atoms with Crippen LogP contribution in [0.5, 0.6) is 0 Å². The Kier molecular flexibility index (Phi) is 2.54. The molecular formula is C10H6F2NS. The summed E-state index contributed by atoms with van der Waals surface area (Å²) in [7, 11) is 0. The standard InChI is InChI=1S/C10H6F2NS/c11-9(12)7-3-1-2-4-8(7)10-13-5-6-14-10/h1-4,6,9H. The quantitative estimate of drug-likeness (QED) is 0.738. The van der Waals surface area contributed by atoms with E-state index in [0.717, 1.165) is 0 Å². The Morgan fingerprint density at radius 3 is 2.71 bits per heavy atom. The van der Waals surface area contributed by atoms with E-state index in [-0.39, 0.29) is 5.56 Å². The van der Waals surface area contributed by atoms with Crippen molar-refractivity contribution in [3.8, 4) is 10.6 Å². The van der Waals surface area contributed by atoms with Crippen molar-refractivity contribution in [1.29, 1.82) is 0 Å². The lowest BCUT2D eigenvalue weighted by Crippen LogP contribution is -1.88. The van der Waals surface area contributed by atoms with E-state index in [1.165, 1.54) is 17.4 Å². The van der Waals surface area contributed by atoms with Gasteiger partial charge in [0.1, 0.15) is 11.2 Å². The molecule has 0 spiro atoms. The van der Waals surface area contributed by atoms with Gasteiger partial charge in [-0.25, -0.2) is 13.8 Å². The maximum absolute atomic E-state index is 12.6. The molecule has 1 aromatic heterocycles. The van der Waals surface area contributed by atoms with Gasteiger partial charge in [-0.2, -0.15) is 0 Å². The van der Waals surface area contributed by atoms with Crippen LogP contribution in [0.15, 0.2) is 29.6 Å². The summed E-state index contributed by atoms with van der Waals surface area (Å²) in [4.78, 5) is 3.89. The second-order valence-electron chi connectivity index (χ2n) is 2.67. The van der Waals surface area contributed by atoms with Crippen molar-refractivity contribution in [3.63, 3.8) is 0 Å². The van der Waals surface area contributed by atoms with Crippen molar-refractivity contribution in [1.82, 2.24) is 4.98 Å². The number of thiazole rings is 1. The van der Waals surface area contributed by atoms with Gasteiger partial charge in [0.15, 0.2) is 0 Å². The second-order valence-corrected chi connectivity index (χ2v) is 3.53. The second kappa shape index (κ2) is 3.84. The minimum atomic E-state index is -2.46. The van der Waals surface area contributed by atoms with Crippen molar-refractivity contribution >= 4 is 11.3 Å². The van der Waals surface area contributed by atoms with Gasteiger partial charge in [0.2, 0.25) is 0 Å². The topological polar surface area (TPSA) is 12.9 Å². The summed E-state index contributed by atoms with van der Waals surface area (Å²) in [6.07, 6.45) is 0.155. The van der Waals surface area contributed by atoms with Crippen LogP contribution in [0.4, 0.5) is 8.78 Å². The number of halogens is 2. The van der Waals surface area contributed by atoms with Crippen LogP contribution in [0.2, 0.25) is 0 Å². The average molecular weight is 210 g/mol. The Morgan fingerprint density at radius 1 is 1.29 bits per heavy atom. The predicted molar refractivity (Wildman–Crippen MR) is 51.3 cm³/mol. The lowest BCUT2D eigenvalue weighted by Gasteiger charge is -2.04. The predicted octanol–water partition coefficient (Wildman–Crippen LogP) is 3.55. The Labute approximate surface area is 84.0 Å². The molecule has 2 rings (SSSR count). The molecule has 14 heavy (non-hydrogen) atoms. The maximum atomic E-state index is 12.6. The molecule has 1 nitrogen and oxygen atoms in total. The van der Waals surface area contributed by atoms with Crippen LogP contribution < -0.4 is 0 Å². The summed E-state index contributed by atoms with van der Waals surface area (Å²) >= 11 is 1.31. The van der Waals surface area contributed by atoms with E-state index in [4.69, 9.17) is 0 Å². The summed E-state index contributed by atoms with van der Waals surface area (Å²) < 4.78 is 25.2. The molecule has 71 valence electrons. The number of nitrogens with zero attached hydrogens (tertiary/aromatic N) is 1. The first kappa shape index (κ1) is 9.27. The highest BCUT2D eigenvalue weighted by Gasteiger charge is 2.14. The summed E-state index contributed by atoms with van der Waals surface area (Å²) in [6.45, 7) is 0. The van der Waals surface area contributed by atoms with Crippen LogP contribution in [0.25, 0.3) is 10.6 Å². The third-order valence-electron chi connectivity index (χ3n) is 1.82. The van der Waals surface area contributed by atoms with Crippen molar-refractivity contribution in [2.75, 3.05) is 0 Å². The molecule has 0 bridgehead atoms. The zero-order valence-corrected chi connectivity index (χ0v) is 7.89.